The maximum atomic E-state index is 13.6. The summed E-state index contributed by atoms with van der Waals surface area (Å²) in [6.07, 6.45) is -2.64. The fourth-order valence-corrected chi connectivity index (χ4v) is 4.74. The predicted octanol–water partition coefficient (Wildman–Crippen LogP) is 6.96. The fourth-order valence-electron chi connectivity index (χ4n) is 4.74. The topological polar surface area (TPSA) is 84.1 Å². The van der Waals surface area contributed by atoms with Crippen molar-refractivity contribution in [3.05, 3.63) is 131 Å². The second-order valence-electron chi connectivity index (χ2n) is 9.66. The van der Waals surface area contributed by atoms with E-state index in [4.69, 9.17) is 4.74 Å². The molecule has 5 rings (SSSR count). The normalized spacial score (nSPS) is 11.2. The van der Waals surface area contributed by atoms with Crippen LogP contribution in [0.1, 0.15) is 43.0 Å². The number of carbonyl (C=O) groups excluding carboxylic acids is 2. The minimum Gasteiger partial charge on any atom is -0.465 e. The first-order valence-electron chi connectivity index (χ1n) is 12.9. The molecule has 0 bridgehead atoms. The van der Waals surface area contributed by atoms with Crippen molar-refractivity contribution in [2.24, 2.45) is 0 Å². The zero-order chi connectivity index (χ0) is 29.9. The third-order valence-electron chi connectivity index (χ3n) is 6.89. The van der Waals surface area contributed by atoms with E-state index in [2.05, 4.69) is 11.4 Å². The highest BCUT2D eigenvalue weighted by Crippen LogP contribution is 2.31. The molecule has 0 saturated carbocycles. The van der Waals surface area contributed by atoms with Crippen LogP contribution >= 0.6 is 0 Å². The van der Waals surface area contributed by atoms with Crippen molar-refractivity contribution < 1.29 is 27.5 Å². The molecule has 0 saturated heterocycles. The second-order valence-corrected chi connectivity index (χ2v) is 9.66. The summed E-state index contributed by atoms with van der Waals surface area (Å²) in [6.45, 7) is 0.440. The average molecular weight is 568 g/mol. The zero-order valence-corrected chi connectivity index (χ0v) is 22.4. The highest BCUT2D eigenvalue weighted by Gasteiger charge is 2.30. The number of aromatic nitrogens is 1. The first kappa shape index (κ1) is 28.2. The van der Waals surface area contributed by atoms with Gasteiger partial charge in [-0.3, -0.25) is 4.79 Å². The number of amides is 1. The second kappa shape index (κ2) is 11.6. The number of halogens is 3. The van der Waals surface area contributed by atoms with Crippen LogP contribution in [0.5, 0.6) is 0 Å². The van der Waals surface area contributed by atoms with E-state index in [0.29, 0.717) is 27.8 Å². The molecular weight excluding hydrogens is 543 g/mol. The molecule has 0 spiro atoms. The molecule has 1 amide bonds. The van der Waals surface area contributed by atoms with Crippen molar-refractivity contribution in [2.75, 3.05) is 7.11 Å². The van der Waals surface area contributed by atoms with E-state index >= 15 is 0 Å². The number of carbonyl (C=O) groups is 2. The van der Waals surface area contributed by atoms with Gasteiger partial charge in [0.1, 0.15) is 0 Å². The first-order valence-corrected chi connectivity index (χ1v) is 12.9. The summed E-state index contributed by atoms with van der Waals surface area (Å²) in [6, 6.07) is 26.3. The fraction of sp³-hybridized carbons (Fsp3) is 0.121. The maximum Gasteiger partial charge on any atom is 0.416 e. The Balaban J connectivity index is 1.50. The van der Waals surface area contributed by atoms with Gasteiger partial charge in [-0.1, -0.05) is 36.4 Å². The molecule has 0 unspecified atom stereocenters. The number of nitrogens with zero attached hydrogens (tertiary/aromatic N) is 2. The predicted molar refractivity (Wildman–Crippen MR) is 152 cm³/mol. The van der Waals surface area contributed by atoms with Gasteiger partial charge < -0.3 is 14.6 Å². The van der Waals surface area contributed by atoms with Gasteiger partial charge >= 0.3 is 12.1 Å². The maximum absolute atomic E-state index is 13.6. The number of hydrogen-bond donors (Lipinski definition) is 1. The lowest BCUT2D eigenvalue weighted by atomic mass is 9.98. The summed E-state index contributed by atoms with van der Waals surface area (Å²) in [5.41, 5.74) is 4.04. The summed E-state index contributed by atoms with van der Waals surface area (Å²) in [5.74, 6) is -0.818. The Kier molecular flexibility index (Phi) is 7.80. The summed E-state index contributed by atoms with van der Waals surface area (Å²) in [4.78, 5) is 25.4. The van der Waals surface area contributed by atoms with Crippen LogP contribution in [-0.2, 0) is 24.0 Å². The molecular formula is C33H24F3N3O3. The van der Waals surface area contributed by atoms with E-state index in [1.165, 1.54) is 19.2 Å². The van der Waals surface area contributed by atoms with Crippen LogP contribution in [0.4, 0.5) is 13.2 Å². The van der Waals surface area contributed by atoms with Gasteiger partial charge in [0.15, 0.2) is 0 Å². The number of alkyl halides is 3. The van der Waals surface area contributed by atoms with Gasteiger partial charge in [-0.15, -0.1) is 0 Å². The van der Waals surface area contributed by atoms with E-state index in [1.54, 1.807) is 54.7 Å². The molecule has 0 radical (unpaired) electrons. The Labute approximate surface area is 239 Å². The van der Waals surface area contributed by atoms with Crippen LogP contribution in [0, 0.1) is 11.3 Å². The number of nitrogens with one attached hydrogen (secondary N) is 1. The Morgan fingerprint density at radius 2 is 1.62 bits per heavy atom. The lowest BCUT2D eigenvalue weighted by Crippen LogP contribution is -2.23. The van der Waals surface area contributed by atoms with E-state index in [1.807, 2.05) is 22.8 Å². The lowest BCUT2D eigenvalue weighted by Gasteiger charge is -2.14. The minimum absolute atomic E-state index is 0.190. The van der Waals surface area contributed by atoms with Crippen LogP contribution in [0.2, 0.25) is 0 Å². The number of methoxy groups -OCH3 is 1. The van der Waals surface area contributed by atoms with Crippen molar-refractivity contribution in [3.63, 3.8) is 0 Å². The number of benzene rings is 4. The third kappa shape index (κ3) is 6.03. The molecule has 1 heterocycles. The van der Waals surface area contributed by atoms with Gasteiger partial charge in [0.05, 0.1) is 40.9 Å². The monoisotopic (exact) mass is 567 g/mol. The smallest absolute Gasteiger partial charge is 0.416 e. The summed E-state index contributed by atoms with van der Waals surface area (Å²) < 4.78 is 45.7. The molecule has 210 valence electrons. The van der Waals surface area contributed by atoms with E-state index < -0.39 is 17.7 Å². The number of ether oxygens (including phenoxy) is 1. The van der Waals surface area contributed by atoms with Crippen molar-refractivity contribution in [2.45, 2.75) is 19.3 Å². The van der Waals surface area contributed by atoms with E-state index in [9.17, 15) is 28.0 Å². The van der Waals surface area contributed by atoms with Crippen LogP contribution in [0.3, 0.4) is 0 Å². The van der Waals surface area contributed by atoms with Crippen molar-refractivity contribution in [3.8, 4) is 17.2 Å². The van der Waals surface area contributed by atoms with Crippen LogP contribution in [0.25, 0.3) is 22.0 Å². The Hall–Kier alpha value is -5.36. The number of hydrogen-bond acceptors (Lipinski definition) is 4. The molecule has 9 heteroatoms. The van der Waals surface area contributed by atoms with Gasteiger partial charge in [0, 0.05) is 24.7 Å². The van der Waals surface area contributed by atoms with Crippen molar-refractivity contribution in [1.82, 2.24) is 9.88 Å². The highest BCUT2D eigenvalue weighted by atomic mass is 19.4. The van der Waals surface area contributed by atoms with E-state index in [-0.39, 0.29) is 19.0 Å². The summed E-state index contributed by atoms with van der Waals surface area (Å²) >= 11 is 0. The van der Waals surface area contributed by atoms with Crippen molar-refractivity contribution >= 4 is 22.8 Å². The number of nitriles is 1. The van der Waals surface area contributed by atoms with Crippen molar-refractivity contribution in [1.29, 1.82) is 5.26 Å². The summed E-state index contributed by atoms with van der Waals surface area (Å²) in [7, 11) is 1.30. The molecule has 0 aliphatic heterocycles. The van der Waals surface area contributed by atoms with Crippen LogP contribution in [0.15, 0.2) is 97.2 Å². The van der Waals surface area contributed by atoms with Crippen LogP contribution < -0.4 is 5.32 Å². The minimum atomic E-state index is -4.43. The Morgan fingerprint density at radius 1 is 0.905 bits per heavy atom. The molecule has 0 aliphatic carbocycles. The molecule has 6 nitrogen and oxygen atoms in total. The number of esters is 1. The molecule has 0 aliphatic rings. The number of rotatable bonds is 7. The Bertz CT molecular complexity index is 1820. The molecule has 4 aromatic carbocycles. The average Bonchev–Trinajstić information content (AvgIpc) is 3.41. The molecule has 1 aromatic heterocycles. The van der Waals surface area contributed by atoms with Gasteiger partial charge in [0.25, 0.3) is 5.91 Å². The standard InChI is InChI=1S/C33H24F3N3O3/c1-42-32(41)24-9-5-21(6-10-24)19-38-31(40)29-17-27(25-4-2-3-23(15-25)18-37)16-26-13-14-39(30(26)29)20-22-7-11-28(12-8-22)33(34,35)36/h2-17H,19-20H2,1H3,(H,38,40). The first-order chi connectivity index (χ1) is 20.2. The van der Waals surface area contributed by atoms with Gasteiger partial charge in [-0.2, -0.15) is 18.4 Å². The molecule has 0 atom stereocenters. The third-order valence-corrected chi connectivity index (χ3v) is 6.89. The molecule has 5 aromatic rings. The highest BCUT2D eigenvalue weighted by molar-refractivity contribution is 6.08. The van der Waals surface area contributed by atoms with Gasteiger partial charge in [-0.25, -0.2) is 4.79 Å². The number of fused-ring (bicyclic) bond motifs is 1. The lowest BCUT2D eigenvalue weighted by molar-refractivity contribution is -0.137. The van der Waals surface area contributed by atoms with E-state index in [0.717, 1.165) is 34.2 Å². The van der Waals surface area contributed by atoms with Crippen LogP contribution in [-0.4, -0.2) is 23.6 Å². The largest absolute Gasteiger partial charge is 0.465 e. The SMILES string of the molecule is COC(=O)c1ccc(CNC(=O)c2cc(-c3cccc(C#N)c3)cc3ccn(Cc4ccc(C(F)(F)F)cc4)c23)cc1. The molecule has 1 N–H and O–H groups in total. The van der Waals surface area contributed by atoms with Gasteiger partial charge in [0.2, 0.25) is 0 Å². The molecule has 42 heavy (non-hydrogen) atoms. The quantitative estimate of drug-likeness (QED) is 0.216. The Morgan fingerprint density at radius 3 is 2.29 bits per heavy atom. The summed E-state index contributed by atoms with van der Waals surface area (Å²) in [5, 5.41) is 13.1. The zero-order valence-electron chi connectivity index (χ0n) is 22.4. The molecule has 0 fully saturated rings. The van der Waals surface area contributed by atoms with Gasteiger partial charge in [-0.05, 0) is 76.9 Å².